The third-order valence-corrected chi connectivity index (χ3v) is 7.53. The summed E-state index contributed by atoms with van der Waals surface area (Å²) in [5, 5.41) is 5.83. The summed E-state index contributed by atoms with van der Waals surface area (Å²) in [6.07, 6.45) is 11.8. The number of carbonyl (C=O) groups excluding carboxylic acids is 1. The number of aromatic nitrogens is 3. The van der Waals surface area contributed by atoms with Gasteiger partial charge in [0.1, 0.15) is 6.23 Å². The van der Waals surface area contributed by atoms with Crippen molar-refractivity contribution in [3.8, 4) is 11.1 Å². The molecule has 2 aromatic heterocycles. The van der Waals surface area contributed by atoms with E-state index in [9.17, 15) is 4.79 Å². The van der Waals surface area contributed by atoms with Crippen molar-refractivity contribution in [1.82, 2.24) is 19.2 Å². The fraction of sp³-hybridized carbons (Fsp3) is 0.379. The summed E-state index contributed by atoms with van der Waals surface area (Å²) in [4.78, 5) is 14.8. The number of hydrogen-bond acceptors (Lipinski definition) is 3. The van der Waals surface area contributed by atoms with Crippen LogP contribution < -0.4 is 0 Å². The zero-order valence-electron chi connectivity index (χ0n) is 20.1. The van der Waals surface area contributed by atoms with Crippen LogP contribution >= 0.6 is 0 Å². The van der Waals surface area contributed by atoms with Crippen LogP contribution in [0.4, 0.5) is 0 Å². The first-order valence-corrected chi connectivity index (χ1v) is 12.8. The fourth-order valence-electron chi connectivity index (χ4n) is 5.48. The molecular weight excluding hydrogens is 436 g/mol. The SMILES string of the molecule is O=C(c1ccccc1)N1CCC(Cn2ccc3cc(-c4cnn(C5CCCCO5)c4)ccc32)CC1. The lowest BCUT2D eigenvalue weighted by Gasteiger charge is -2.32. The van der Waals surface area contributed by atoms with Gasteiger partial charge < -0.3 is 14.2 Å². The Morgan fingerprint density at radius 2 is 1.83 bits per heavy atom. The summed E-state index contributed by atoms with van der Waals surface area (Å²) in [5.41, 5.74) is 4.36. The van der Waals surface area contributed by atoms with Crippen molar-refractivity contribution in [3.05, 3.63) is 78.8 Å². The second-order valence-corrected chi connectivity index (χ2v) is 9.87. The number of carbonyl (C=O) groups is 1. The summed E-state index contributed by atoms with van der Waals surface area (Å²) in [5.74, 6) is 0.736. The minimum atomic E-state index is 0.0664. The lowest BCUT2D eigenvalue weighted by atomic mass is 9.96. The van der Waals surface area contributed by atoms with E-state index < -0.39 is 0 Å². The topological polar surface area (TPSA) is 52.3 Å². The van der Waals surface area contributed by atoms with E-state index in [0.29, 0.717) is 5.92 Å². The number of piperidine rings is 1. The first-order chi connectivity index (χ1) is 17.2. The highest BCUT2D eigenvalue weighted by atomic mass is 16.5. The normalized spacial score (nSPS) is 19.3. The first-order valence-electron chi connectivity index (χ1n) is 12.8. The number of rotatable bonds is 5. The van der Waals surface area contributed by atoms with Gasteiger partial charge in [0.2, 0.25) is 0 Å². The van der Waals surface area contributed by atoms with Gasteiger partial charge in [-0.25, -0.2) is 4.68 Å². The van der Waals surface area contributed by atoms with Gasteiger partial charge in [-0.1, -0.05) is 24.3 Å². The van der Waals surface area contributed by atoms with Crippen molar-refractivity contribution >= 4 is 16.8 Å². The highest BCUT2D eigenvalue weighted by Crippen LogP contribution is 2.29. The van der Waals surface area contributed by atoms with Crippen molar-refractivity contribution in [2.45, 2.75) is 44.9 Å². The summed E-state index contributed by atoms with van der Waals surface area (Å²) in [7, 11) is 0. The summed E-state index contributed by atoms with van der Waals surface area (Å²) in [6.45, 7) is 3.47. The third-order valence-electron chi connectivity index (χ3n) is 7.53. The molecule has 6 rings (SSSR count). The Morgan fingerprint density at radius 1 is 0.971 bits per heavy atom. The van der Waals surface area contributed by atoms with Gasteiger partial charge in [0.15, 0.2) is 0 Å². The molecule has 0 N–H and O–H groups in total. The number of nitrogens with zero attached hydrogens (tertiary/aromatic N) is 4. The molecule has 0 radical (unpaired) electrons. The minimum absolute atomic E-state index is 0.0664. The van der Waals surface area contributed by atoms with Crippen molar-refractivity contribution in [2.75, 3.05) is 19.7 Å². The maximum Gasteiger partial charge on any atom is 0.253 e. The lowest BCUT2D eigenvalue weighted by molar-refractivity contribution is -0.0394. The predicted molar refractivity (Wildman–Crippen MR) is 137 cm³/mol. The second kappa shape index (κ2) is 9.70. The quantitative estimate of drug-likeness (QED) is 0.374. The molecule has 0 bridgehead atoms. The van der Waals surface area contributed by atoms with Crippen LogP contribution in [0.5, 0.6) is 0 Å². The Labute approximate surface area is 206 Å². The number of amides is 1. The van der Waals surface area contributed by atoms with E-state index in [1.807, 2.05) is 46.1 Å². The Bertz CT molecular complexity index is 1290. The Kier molecular flexibility index (Phi) is 6.13. The molecule has 2 fully saturated rings. The number of hydrogen-bond donors (Lipinski definition) is 0. The highest BCUT2D eigenvalue weighted by Gasteiger charge is 2.24. The van der Waals surface area contributed by atoms with E-state index in [-0.39, 0.29) is 12.1 Å². The smallest absolute Gasteiger partial charge is 0.253 e. The van der Waals surface area contributed by atoms with E-state index in [4.69, 9.17) is 4.74 Å². The van der Waals surface area contributed by atoms with Gasteiger partial charge in [-0.05, 0) is 73.9 Å². The van der Waals surface area contributed by atoms with Gasteiger partial charge in [0.25, 0.3) is 5.91 Å². The van der Waals surface area contributed by atoms with Gasteiger partial charge in [0.05, 0.1) is 6.20 Å². The monoisotopic (exact) mass is 468 g/mol. The van der Waals surface area contributed by atoms with E-state index in [1.165, 1.54) is 22.9 Å². The van der Waals surface area contributed by atoms with Crippen molar-refractivity contribution in [2.24, 2.45) is 5.92 Å². The molecule has 2 aliphatic rings. The molecule has 6 nitrogen and oxygen atoms in total. The molecule has 0 spiro atoms. The number of fused-ring (bicyclic) bond motifs is 1. The van der Waals surface area contributed by atoms with Crippen molar-refractivity contribution in [3.63, 3.8) is 0 Å². The highest BCUT2D eigenvalue weighted by molar-refractivity contribution is 5.94. The maximum atomic E-state index is 12.7. The molecule has 1 atom stereocenters. The Morgan fingerprint density at radius 3 is 2.63 bits per heavy atom. The molecule has 2 aromatic carbocycles. The minimum Gasteiger partial charge on any atom is -0.357 e. The zero-order chi connectivity index (χ0) is 23.6. The Balaban J connectivity index is 1.10. The van der Waals surface area contributed by atoms with Crippen LogP contribution in [0.3, 0.4) is 0 Å². The van der Waals surface area contributed by atoms with Gasteiger partial charge >= 0.3 is 0 Å². The third kappa shape index (κ3) is 4.63. The zero-order valence-corrected chi connectivity index (χ0v) is 20.1. The number of ether oxygens (including phenoxy) is 1. The standard InChI is InChI=1S/C29H32N4O2/c34-29(23-6-2-1-3-7-23)31-14-11-22(12-15-31)20-32-16-13-25-18-24(9-10-27(25)32)26-19-30-33(21-26)28-8-4-5-17-35-28/h1-3,6-7,9-10,13,16,18-19,21-22,28H,4-5,8,11-12,14-15,17,20H2. The molecule has 6 heteroatoms. The average molecular weight is 469 g/mol. The van der Waals surface area contributed by atoms with Gasteiger partial charge in [-0.3, -0.25) is 4.79 Å². The molecular formula is C29H32N4O2. The molecule has 0 saturated carbocycles. The Hall–Kier alpha value is -3.38. The average Bonchev–Trinajstić information content (AvgIpc) is 3.57. The number of benzene rings is 2. The number of likely N-dealkylation sites (tertiary alicyclic amines) is 1. The second-order valence-electron chi connectivity index (χ2n) is 9.87. The van der Waals surface area contributed by atoms with Gasteiger partial charge in [0, 0.05) is 60.7 Å². The van der Waals surface area contributed by atoms with E-state index in [1.54, 1.807) is 0 Å². The molecule has 1 amide bonds. The summed E-state index contributed by atoms with van der Waals surface area (Å²) < 4.78 is 10.2. The van der Waals surface area contributed by atoms with Gasteiger partial charge in [-0.2, -0.15) is 5.10 Å². The van der Waals surface area contributed by atoms with Gasteiger partial charge in [-0.15, -0.1) is 0 Å². The van der Waals surface area contributed by atoms with Crippen LogP contribution in [0, 0.1) is 5.92 Å². The fourth-order valence-corrected chi connectivity index (χ4v) is 5.48. The largest absolute Gasteiger partial charge is 0.357 e. The van der Waals surface area contributed by atoms with Crippen LogP contribution in [0.25, 0.3) is 22.0 Å². The predicted octanol–water partition coefficient (Wildman–Crippen LogP) is 5.76. The van der Waals surface area contributed by atoms with Crippen LogP contribution in [-0.2, 0) is 11.3 Å². The van der Waals surface area contributed by atoms with Crippen LogP contribution in [0.15, 0.2) is 73.2 Å². The molecule has 180 valence electrons. The molecule has 0 aliphatic carbocycles. The summed E-state index contributed by atoms with van der Waals surface area (Å²) >= 11 is 0. The molecule has 4 aromatic rings. The molecule has 4 heterocycles. The van der Waals surface area contributed by atoms with Crippen molar-refractivity contribution < 1.29 is 9.53 Å². The lowest BCUT2D eigenvalue weighted by Crippen LogP contribution is -2.39. The molecule has 2 saturated heterocycles. The first kappa shape index (κ1) is 22.1. The van der Waals surface area contributed by atoms with E-state index in [2.05, 4.69) is 46.3 Å². The van der Waals surface area contributed by atoms with Crippen molar-refractivity contribution in [1.29, 1.82) is 0 Å². The maximum absolute atomic E-state index is 12.7. The van der Waals surface area contributed by atoms with Crippen LogP contribution in [-0.4, -0.2) is 44.9 Å². The molecule has 1 unspecified atom stereocenters. The summed E-state index contributed by atoms with van der Waals surface area (Å²) in [6, 6.07) is 18.5. The molecule has 2 aliphatic heterocycles. The molecule has 35 heavy (non-hydrogen) atoms. The van der Waals surface area contributed by atoms with E-state index in [0.717, 1.165) is 63.1 Å². The van der Waals surface area contributed by atoms with E-state index >= 15 is 0 Å². The van der Waals surface area contributed by atoms with Crippen LogP contribution in [0.1, 0.15) is 48.7 Å². The van der Waals surface area contributed by atoms with Crippen LogP contribution in [0.2, 0.25) is 0 Å².